The van der Waals surface area contributed by atoms with Gasteiger partial charge in [0.15, 0.2) is 6.10 Å². The molecule has 0 spiro atoms. The van der Waals surface area contributed by atoms with E-state index in [1.165, 1.54) is 161 Å². The molecular formula is C75H126O6. The highest BCUT2D eigenvalue weighted by molar-refractivity contribution is 5.71. The molecule has 1 atom stereocenters. The maximum absolute atomic E-state index is 12.9. The Kier molecular flexibility index (Phi) is 64.8. The zero-order valence-electron chi connectivity index (χ0n) is 53.0. The standard InChI is InChI=1S/C75H126O6/c1-4-7-10-13-16-19-22-25-28-31-34-35-36-37-38-39-42-44-47-50-53-56-59-62-65-68-74(77)80-71-72(81-75(78)69-66-63-60-57-54-51-48-45-41-33-30-27-24-21-18-15-12-9-6-3)70-79-73(76)67-64-61-58-55-52-49-46-43-40-32-29-26-23-20-17-14-11-8-5-2/h9,12,17-18,20-22,25-27,29-31,34,36-37,41,45,51,54,72H,4-8,10-11,13-16,19,23-24,28,32-33,35,38-40,42-44,46-50,52-53,55-71H2,1-3H3/b12-9-,20-17-,21-18-,25-22-,29-26-,30-27-,34-31-,37-36-,45-41-,54-51-. The van der Waals surface area contributed by atoms with Crippen LogP contribution in [-0.4, -0.2) is 37.2 Å². The Morgan fingerprint density at radius 1 is 0.259 bits per heavy atom. The van der Waals surface area contributed by atoms with Crippen molar-refractivity contribution in [2.45, 2.75) is 322 Å². The molecule has 0 aromatic carbocycles. The minimum absolute atomic E-state index is 0.0966. The van der Waals surface area contributed by atoms with E-state index in [4.69, 9.17) is 14.2 Å². The van der Waals surface area contributed by atoms with E-state index in [-0.39, 0.29) is 37.5 Å². The number of rotatable bonds is 61. The number of hydrogen-bond acceptors (Lipinski definition) is 6. The van der Waals surface area contributed by atoms with Crippen LogP contribution in [0.4, 0.5) is 0 Å². The van der Waals surface area contributed by atoms with Gasteiger partial charge in [0.25, 0.3) is 0 Å². The lowest BCUT2D eigenvalue weighted by Gasteiger charge is -2.18. The van der Waals surface area contributed by atoms with Crippen LogP contribution in [0.15, 0.2) is 122 Å². The summed E-state index contributed by atoms with van der Waals surface area (Å²) in [7, 11) is 0. The number of hydrogen-bond donors (Lipinski definition) is 0. The molecule has 6 nitrogen and oxygen atoms in total. The summed E-state index contributed by atoms with van der Waals surface area (Å²) < 4.78 is 16.9. The highest BCUT2D eigenvalue weighted by Crippen LogP contribution is 2.16. The second kappa shape index (κ2) is 68.3. The van der Waals surface area contributed by atoms with Gasteiger partial charge in [-0.3, -0.25) is 14.4 Å². The van der Waals surface area contributed by atoms with E-state index < -0.39 is 6.10 Å². The van der Waals surface area contributed by atoms with Crippen molar-refractivity contribution in [2.24, 2.45) is 0 Å². The summed E-state index contributed by atoms with van der Waals surface area (Å²) in [6.07, 6.45) is 94.9. The van der Waals surface area contributed by atoms with Gasteiger partial charge in [-0.1, -0.05) is 284 Å². The molecule has 0 saturated heterocycles. The lowest BCUT2D eigenvalue weighted by Crippen LogP contribution is -2.30. The summed E-state index contributed by atoms with van der Waals surface area (Å²) in [6, 6.07) is 0. The molecule has 0 amide bonds. The number of allylic oxidation sites excluding steroid dienone is 20. The fourth-order valence-corrected chi connectivity index (χ4v) is 9.33. The summed E-state index contributed by atoms with van der Waals surface area (Å²) in [6.45, 7) is 6.48. The van der Waals surface area contributed by atoms with Crippen molar-refractivity contribution in [1.82, 2.24) is 0 Å². The van der Waals surface area contributed by atoms with Gasteiger partial charge in [0.2, 0.25) is 0 Å². The Bertz CT molecular complexity index is 1670. The molecule has 0 aromatic rings. The van der Waals surface area contributed by atoms with Crippen molar-refractivity contribution >= 4 is 17.9 Å². The Morgan fingerprint density at radius 2 is 0.481 bits per heavy atom. The molecule has 0 aromatic heterocycles. The Morgan fingerprint density at radius 3 is 0.790 bits per heavy atom. The van der Waals surface area contributed by atoms with Gasteiger partial charge in [-0.15, -0.1) is 0 Å². The van der Waals surface area contributed by atoms with Gasteiger partial charge in [-0.05, 0) is 135 Å². The van der Waals surface area contributed by atoms with Crippen LogP contribution in [0.3, 0.4) is 0 Å². The minimum Gasteiger partial charge on any atom is -0.462 e. The summed E-state index contributed by atoms with van der Waals surface area (Å²) >= 11 is 0. The predicted octanol–water partition coefficient (Wildman–Crippen LogP) is 23.6. The van der Waals surface area contributed by atoms with Gasteiger partial charge in [-0.2, -0.15) is 0 Å². The third kappa shape index (κ3) is 66.5. The zero-order chi connectivity index (χ0) is 58.5. The van der Waals surface area contributed by atoms with E-state index in [1.54, 1.807) is 0 Å². The molecular weight excluding hydrogens is 997 g/mol. The summed E-state index contributed by atoms with van der Waals surface area (Å²) in [4.78, 5) is 38.4. The van der Waals surface area contributed by atoms with E-state index in [9.17, 15) is 14.4 Å². The molecule has 0 rings (SSSR count). The summed E-state index contributed by atoms with van der Waals surface area (Å²) in [5, 5.41) is 0. The molecule has 1 unspecified atom stereocenters. The van der Waals surface area contributed by atoms with E-state index in [0.29, 0.717) is 12.8 Å². The van der Waals surface area contributed by atoms with Crippen LogP contribution in [-0.2, 0) is 28.6 Å². The molecule has 0 heterocycles. The first kappa shape index (κ1) is 76.8. The first-order chi connectivity index (χ1) is 40.0. The van der Waals surface area contributed by atoms with Crippen molar-refractivity contribution in [3.8, 4) is 0 Å². The second-order valence-corrected chi connectivity index (χ2v) is 22.3. The summed E-state index contributed by atoms with van der Waals surface area (Å²) in [5.41, 5.74) is 0. The van der Waals surface area contributed by atoms with Gasteiger partial charge < -0.3 is 14.2 Å². The highest BCUT2D eigenvalue weighted by Gasteiger charge is 2.19. The van der Waals surface area contributed by atoms with Crippen LogP contribution in [0, 0.1) is 0 Å². The second-order valence-electron chi connectivity index (χ2n) is 22.3. The highest BCUT2D eigenvalue weighted by atomic mass is 16.6. The van der Waals surface area contributed by atoms with Crippen LogP contribution in [0.1, 0.15) is 316 Å². The average Bonchev–Trinajstić information content (AvgIpc) is 3.47. The third-order valence-electron chi connectivity index (χ3n) is 14.4. The van der Waals surface area contributed by atoms with Gasteiger partial charge >= 0.3 is 17.9 Å². The van der Waals surface area contributed by atoms with E-state index in [0.717, 1.165) is 116 Å². The SMILES string of the molecule is CC/C=C\C/C=C\C/C=C\C/C=C\C/C=C\CCCCCC(=O)OC(COC(=O)CCCCCCCCCCC/C=C\C/C=C\CCCCC)COC(=O)CCCCCCCCCCCC/C=C\C/C=C\C/C=C\CCCCCCC. The monoisotopic (exact) mass is 1120 g/mol. The normalized spacial score (nSPS) is 12.9. The molecule has 0 saturated carbocycles. The van der Waals surface area contributed by atoms with Crippen LogP contribution >= 0.6 is 0 Å². The van der Waals surface area contributed by atoms with Crippen molar-refractivity contribution in [3.05, 3.63) is 122 Å². The van der Waals surface area contributed by atoms with Crippen LogP contribution in [0.2, 0.25) is 0 Å². The van der Waals surface area contributed by atoms with Gasteiger partial charge in [-0.25, -0.2) is 0 Å². The van der Waals surface area contributed by atoms with Gasteiger partial charge in [0, 0.05) is 19.3 Å². The number of carbonyl (C=O) groups is 3. The Balaban J connectivity index is 4.43. The Hall–Kier alpha value is -4.19. The fourth-order valence-electron chi connectivity index (χ4n) is 9.33. The van der Waals surface area contributed by atoms with Gasteiger partial charge in [0.05, 0.1) is 0 Å². The van der Waals surface area contributed by atoms with Crippen molar-refractivity contribution in [1.29, 1.82) is 0 Å². The molecule has 0 bridgehead atoms. The van der Waals surface area contributed by atoms with Crippen molar-refractivity contribution in [2.75, 3.05) is 13.2 Å². The quantitative estimate of drug-likeness (QED) is 0.0261. The number of unbranched alkanes of at least 4 members (excludes halogenated alkanes) is 30. The van der Waals surface area contributed by atoms with Crippen molar-refractivity contribution in [3.63, 3.8) is 0 Å². The molecule has 0 aliphatic rings. The number of esters is 3. The van der Waals surface area contributed by atoms with Crippen molar-refractivity contribution < 1.29 is 28.6 Å². The predicted molar refractivity (Wildman–Crippen MR) is 353 cm³/mol. The molecule has 0 N–H and O–H groups in total. The first-order valence-corrected chi connectivity index (χ1v) is 34.0. The van der Waals surface area contributed by atoms with E-state index in [1.807, 2.05) is 0 Å². The smallest absolute Gasteiger partial charge is 0.306 e. The van der Waals surface area contributed by atoms with E-state index in [2.05, 4.69) is 142 Å². The number of carbonyl (C=O) groups excluding carboxylic acids is 3. The molecule has 0 aliphatic heterocycles. The first-order valence-electron chi connectivity index (χ1n) is 34.0. The largest absolute Gasteiger partial charge is 0.462 e. The minimum atomic E-state index is -0.805. The van der Waals surface area contributed by atoms with Crippen LogP contribution in [0.25, 0.3) is 0 Å². The maximum atomic E-state index is 12.9. The number of ether oxygens (including phenoxy) is 3. The fraction of sp³-hybridized carbons (Fsp3) is 0.693. The molecule has 0 aliphatic carbocycles. The zero-order valence-corrected chi connectivity index (χ0v) is 53.0. The lowest BCUT2D eigenvalue weighted by molar-refractivity contribution is -0.167. The van der Waals surface area contributed by atoms with Crippen LogP contribution in [0.5, 0.6) is 0 Å². The molecule has 81 heavy (non-hydrogen) atoms. The molecule has 462 valence electrons. The molecule has 6 heteroatoms. The topological polar surface area (TPSA) is 78.9 Å². The molecule has 0 fully saturated rings. The summed E-state index contributed by atoms with van der Waals surface area (Å²) in [5.74, 6) is -0.929. The maximum Gasteiger partial charge on any atom is 0.306 e. The molecule has 0 radical (unpaired) electrons. The lowest BCUT2D eigenvalue weighted by atomic mass is 10.1. The van der Waals surface area contributed by atoms with E-state index >= 15 is 0 Å². The van der Waals surface area contributed by atoms with Gasteiger partial charge in [0.1, 0.15) is 13.2 Å². The van der Waals surface area contributed by atoms with Crippen LogP contribution < -0.4 is 0 Å². The average molecular weight is 1120 g/mol. The third-order valence-corrected chi connectivity index (χ3v) is 14.4. The Labute approximate surface area is 501 Å².